The van der Waals surface area contributed by atoms with Crippen LogP contribution in [0.4, 0.5) is 5.00 Å². The van der Waals surface area contributed by atoms with Crippen molar-refractivity contribution >= 4 is 28.4 Å². The summed E-state index contributed by atoms with van der Waals surface area (Å²) in [4.78, 5) is 22.6. The molecule has 88 valence electrons. The fourth-order valence-electron chi connectivity index (χ4n) is 1.28. The third-order valence-electron chi connectivity index (χ3n) is 2.09. The second-order valence-electron chi connectivity index (χ2n) is 3.24. The Morgan fingerprint density at radius 1 is 1.53 bits per heavy atom. The first-order chi connectivity index (χ1) is 8.09. The fourth-order valence-corrected chi connectivity index (χ4v) is 2.06. The van der Waals surface area contributed by atoms with Crippen LogP contribution in [-0.2, 0) is 0 Å². The van der Waals surface area contributed by atoms with Gasteiger partial charge in [0.25, 0.3) is 5.91 Å². The molecular weight excluding hydrogens is 244 g/mol. The molecule has 0 aliphatic carbocycles. The number of aromatic nitrogens is 1. The number of hydrogen-bond donors (Lipinski definition) is 2. The lowest BCUT2D eigenvalue weighted by Gasteiger charge is -2.01. The summed E-state index contributed by atoms with van der Waals surface area (Å²) in [7, 11) is 0. The van der Waals surface area contributed by atoms with Crippen LogP contribution in [0.5, 0.6) is 0 Å². The zero-order valence-electron chi connectivity index (χ0n) is 8.76. The molecule has 0 unspecified atom stereocenters. The zero-order chi connectivity index (χ0) is 12.4. The summed E-state index contributed by atoms with van der Waals surface area (Å²) in [5.41, 5.74) is 0.726. The van der Waals surface area contributed by atoms with Crippen LogP contribution in [0.25, 0.3) is 0 Å². The molecule has 2 heterocycles. The maximum Gasteiger partial charge on any atom is 0.340 e. The van der Waals surface area contributed by atoms with E-state index in [1.54, 1.807) is 6.92 Å². The monoisotopic (exact) mass is 252 g/mol. The van der Waals surface area contributed by atoms with Crippen molar-refractivity contribution in [3.63, 3.8) is 0 Å². The summed E-state index contributed by atoms with van der Waals surface area (Å²) in [6, 6.07) is 1.49. The predicted molar refractivity (Wildman–Crippen MR) is 60.5 cm³/mol. The molecule has 0 fully saturated rings. The lowest BCUT2D eigenvalue weighted by molar-refractivity contribution is 0.0697. The van der Waals surface area contributed by atoms with Crippen LogP contribution in [0.1, 0.15) is 26.4 Å². The number of anilines is 1. The van der Waals surface area contributed by atoms with Gasteiger partial charge in [0.05, 0.1) is 17.5 Å². The van der Waals surface area contributed by atoms with Gasteiger partial charge in [-0.25, -0.2) is 4.79 Å². The second-order valence-corrected chi connectivity index (χ2v) is 4.02. The molecule has 0 saturated carbocycles. The highest BCUT2D eigenvalue weighted by atomic mass is 32.1. The molecule has 2 aromatic heterocycles. The van der Waals surface area contributed by atoms with Crippen LogP contribution in [0.15, 0.2) is 23.0 Å². The van der Waals surface area contributed by atoms with Gasteiger partial charge in [-0.15, -0.1) is 0 Å². The van der Waals surface area contributed by atoms with E-state index in [4.69, 9.17) is 9.52 Å². The Kier molecular flexibility index (Phi) is 2.92. The normalized spacial score (nSPS) is 10.2. The molecule has 0 saturated heterocycles. The number of hydrogen-bond acceptors (Lipinski definition) is 5. The van der Waals surface area contributed by atoms with Crippen molar-refractivity contribution in [1.82, 2.24) is 4.37 Å². The standard InChI is InChI=1S/C10H8N2O4S/c1-5-7(10(14)15)9(17-12-5)11-8(13)6-2-3-16-4-6/h2-4H,1H3,(H,11,13)(H,14,15). The molecule has 0 bridgehead atoms. The van der Waals surface area contributed by atoms with Crippen molar-refractivity contribution in [1.29, 1.82) is 0 Å². The number of carbonyl (C=O) groups is 2. The van der Waals surface area contributed by atoms with Crippen LogP contribution < -0.4 is 5.32 Å². The van der Waals surface area contributed by atoms with Gasteiger partial charge in [0, 0.05) is 0 Å². The first-order valence-electron chi connectivity index (χ1n) is 4.62. The average Bonchev–Trinajstić information content (AvgIpc) is 2.87. The van der Waals surface area contributed by atoms with E-state index < -0.39 is 11.9 Å². The van der Waals surface area contributed by atoms with Crippen LogP contribution in [0, 0.1) is 6.92 Å². The van der Waals surface area contributed by atoms with E-state index in [1.165, 1.54) is 18.6 Å². The number of nitrogens with zero attached hydrogens (tertiary/aromatic N) is 1. The van der Waals surface area contributed by atoms with Gasteiger partial charge in [0.2, 0.25) is 0 Å². The Labute approximate surface area is 100 Å². The predicted octanol–water partition coefficient (Wildman–Crippen LogP) is 2.00. The minimum Gasteiger partial charge on any atom is -0.478 e. The first-order valence-corrected chi connectivity index (χ1v) is 5.40. The van der Waals surface area contributed by atoms with Gasteiger partial charge < -0.3 is 14.8 Å². The minimum atomic E-state index is -1.11. The number of nitrogens with one attached hydrogen (secondary N) is 1. The SMILES string of the molecule is Cc1nsc(NC(=O)c2ccoc2)c1C(=O)O. The number of carbonyl (C=O) groups excluding carboxylic acids is 1. The highest BCUT2D eigenvalue weighted by molar-refractivity contribution is 7.11. The van der Waals surface area contributed by atoms with Gasteiger partial charge in [-0.05, 0) is 24.5 Å². The number of furan rings is 1. The van der Waals surface area contributed by atoms with Crippen molar-refractivity contribution < 1.29 is 19.1 Å². The molecule has 2 aromatic rings. The van der Waals surface area contributed by atoms with E-state index in [0.717, 1.165) is 11.5 Å². The molecule has 0 radical (unpaired) electrons. The Morgan fingerprint density at radius 3 is 2.88 bits per heavy atom. The van der Waals surface area contributed by atoms with Crippen molar-refractivity contribution in [2.45, 2.75) is 6.92 Å². The summed E-state index contributed by atoms with van der Waals surface area (Å²) in [6.45, 7) is 1.58. The van der Waals surface area contributed by atoms with Gasteiger partial charge in [-0.3, -0.25) is 4.79 Å². The van der Waals surface area contributed by atoms with Gasteiger partial charge in [0.1, 0.15) is 16.8 Å². The van der Waals surface area contributed by atoms with Crippen molar-refractivity contribution in [2.75, 3.05) is 5.32 Å². The molecule has 1 amide bonds. The molecular formula is C10H8N2O4S. The van der Waals surface area contributed by atoms with Crippen molar-refractivity contribution in [3.05, 3.63) is 35.4 Å². The zero-order valence-corrected chi connectivity index (χ0v) is 9.58. The van der Waals surface area contributed by atoms with Gasteiger partial charge in [-0.1, -0.05) is 0 Å². The number of carboxylic acids is 1. The van der Waals surface area contributed by atoms with Crippen LogP contribution in [0.2, 0.25) is 0 Å². The van der Waals surface area contributed by atoms with E-state index in [2.05, 4.69) is 9.69 Å². The van der Waals surface area contributed by atoms with Gasteiger partial charge in [-0.2, -0.15) is 4.37 Å². The Hall–Kier alpha value is -2.15. The Morgan fingerprint density at radius 2 is 2.29 bits per heavy atom. The summed E-state index contributed by atoms with van der Waals surface area (Å²) in [5, 5.41) is 11.7. The molecule has 0 aromatic carbocycles. The van der Waals surface area contributed by atoms with Crippen LogP contribution in [0.3, 0.4) is 0 Å². The second kappa shape index (κ2) is 4.38. The summed E-state index contributed by atoms with van der Waals surface area (Å²) >= 11 is 0.937. The Bertz CT molecular complexity index is 559. The van der Waals surface area contributed by atoms with Crippen LogP contribution in [-0.4, -0.2) is 21.4 Å². The largest absolute Gasteiger partial charge is 0.478 e. The fraction of sp³-hybridized carbons (Fsp3) is 0.100. The van der Waals surface area contributed by atoms with E-state index in [9.17, 15) is 9.59 Å². The molecule has 2 rings (SSSR count). The van der Waals surface area contributed by atoms with E-state index in [1.807, 2.05) is 0 Å². The maximum absolute atomic E-state index is 11.7. The smallest absolute Gasteiger partial charge is 0.340 e. The van der Waals surface area contributed by atoms with Crippen molar-refractivity contribution in [3.8, 4) is 0 Å². The van der Waals surface area contributed by atoms with E-state index >= 15 is 0 Å². The highest BCUT2D eigenvalue weighted by Gasteiger charge is 2.19. The number of carboxylic acid groups (broad SMARTS) is 1. The third-order valence-corrected chi connectivity index (χ3v) is 2.94. The van der Waals surface area contributed by atoms with E-state index in [-0.39, 0.29) is 10.6 Å². The molecule has 17 heavy (non-hydrogen) atoms. The summed E-state index contributed by atoms with van der Waals surface area (Å²) in [5.74, 6) is -1.54. The molecule has 0 aliphatic heterocycles. The lowest BCUT2D eigenvalue weighted by atomic mass is 10.2. The number of rotatable bonds is 3. The average molecular weight is 252 g/mol. The number of amides is 1. The maximum atomic E-state index is 11.7. The minimum absolute atomic E-state index is 0.0202. The molecule has 2 N–H and O–H groups in total. The van der Waals surface area contributed by atoms with Crippen molar-refractivity contribution in [2.24, 2.45) is 0 Å². The van der Waals surface area contributed by atoms with Gasteiger partial charge in [0.15, 0.2) is 0 Å². The highest BCUT2D eigenvalue weighted by Crippen LogP contribution is 2.24. The summed E-state index contributed by atoms with van der Waals surface area (Å²) in [6.07, 6.45) is 2.65. The van der Waals surface area contributed by atoms with E-state index in [0.29, 0.717) is 11.3 Å². The lowest BCUT2D eigenvalue weighted by Crippen LogP contribution is -2.12. The quantitative estimate of drug-likeness (QED) is 0.871. The first kappa shape index (κ1) is 11.3. The molecule has 7 heteroatoms. The topological polar surface area (TPSA) is 92.4 Å². The summed E-state index contributed by atoms with van der Waals surface area (Å²) < 4.78 is 8.66. The Balaban J connectivity index is 2.25. The third kappa shape index (κ3) is 2.18. The number of aryl methyl sites for hydroxylation is 1. The number of aromatic carboxylic acids is 1. The van der Waals surface area contributed by atoms with Crippen LogP contribution >= 0.6 is 11.5 Å². The molecule has 0 aliphatic rings. The van der Waals surface area contributed by atoms with Gasteiger partial charge >= 0.3 is 5.97 Å². The molecule has 0 atom stereocenters. The molecule has 6 nitrogen and oxygen atoms in total. The molecule has 0 spiro atoms.